The molecule has 19 heavy (non-hydrogen) atoms. The molecule has 2 rings (SSSR count). The average Bonchev–Trinajstić information content (AvgIpc) is 2.79. The first-order valence-electron chi connectivity index (χ1n) is 6.59. The number of hydrogen-bond donors (Lipinski definition) is 1. The van der Waals surface area contributed by atoms with E-state index in [9.17, 15) is 4.79 Å². The van der Waals surface area contributed by atoms with Crippen LogP contribution in [-0.4, -0.2) is 44.3 Å². The molecule has 1 aromatic heterocycles. The summed E-state index contributed by atoms with van der Waals surface area (Å²) in [5.41, 5.74) is 0. The first-order valence-corrected chi connectivity index (χ1v) is 7.57. The normalized spacial score (nSPS) is 19.5. The van der Waals surface area contributed by atoms with Crippen LogP contribution in [0.5, 0.6) is 0 Å². The summed E-state index contributed by atoms with van der Waals surface area (Å²) in [5, 5.41) is 17.6. The van der Waals surface area contributed by atoms with Crippen molar-refractivity contribution in [3.05, 3.63) is 5.82 Å². The maximum absolute atomic E-state index is 10.6. The molecule has 1 aliphatic heterocycles. The second kappa shape index (κ2) is 6.91. The molecule has 1 fully saturated rings. The van der Waals surface area contributed by atoms with Crippen LogP contribution in [-0.2, 0) is 22.5 Å². The number of carboxylic acids is 1. The lowest BCUT2D eigenvalue weighted by Gasteiger charge is -2.22. The van der Waals surface area contributed by atoms with Crippen LogP contribution in [0.2, 0.25) is 0 Å². The molecular formula is C12H19N3O3S. The van der Waals surface area contributed by atoms with Crippen molar-refractivity contribution in [3.8, 4) is 0 Å². The summed E-state index contributed by atoms with van der Waals surface area (Å²) >= 11 is 1.21. The highest BCUT2D eigenvalue weighted by Crippen LogP contribution is 2.20. The zero-order valence-corrected chi connectivity index (χ0v) is 11.9. The molecule has 1 unspecified atom stereocenters. The molecule has 2 heterocycles. The van der Waals surface area contributed by atoms with Crippen molar-refractivity contribution in [2.24, 2.45) is 0 Å². The Labute approximate surface area is 116 Å². The number of aliphatic carboxylic acids is 1. The number of nitrogens with zero attached hydrogens (tertiary/aromatic N) is 3. The van der Waals surface area contributed by atoms with Crippen LogP contribution >= 0.6 is 11.8 Å². The van der Waals surface area contributed by atoms with Gasteiger partial charge in [0, 0.05) is 19.6 Å². The number of thioether (sulfide) groups is 1. The minimum absolute atomic E-state index is 0.0120. The zero-order chi connectivity index (χ0) is 13.7. The molecule has 1 atom stereocenters. The van der Waals surface area contributed by atoms with Gasteiger partial charge >= 0.3 is 5.97 Å². The van der Waals surface area contributed by atoms with Crippen LogP contribution < -0.4 is 0 Å². The van der Waals surface area contributed by atoms with Crippen LogP contribution in [0, 0.1) is 0 Å². The first kappa shape index (κ1) is 14.3. The van der Waals surface area contributed by atoms with Gasteiger partial charge in [-0.15, -0.1) is 10.2 Å². The van der Waals surface area contributed by atoms with Crippen molar-refractivity contribution in [1.29, 1.82) is 0 Å². The summed E-state index contributed by atoms with van der Waals surface area (Å²) in [6, 6.07) is 0. The summed E-state index contributed by atoms with van der Waals surface area (Å²) < 4.78 is 7.68. The van der Waals surface area contributed by atoms with E-state index in [0.717, 1.165) is 38.2 Å². The van der Waals surface area contributed by atoms with Gasteiger partial charge in [-0.1, -0.05) is 11.8 Å². The lowest BCUT2D eigenvalue weighted by atomic mass is 10.1. The fraction of sp³-hybridized carbons (Fsp3) is 0.750. The predicted molar refractivity (Wildman–Crippen MR) is 71.4 cm³/mol. The van der Waals surface area contributed by atoms with Crippen LogP contribution in [0.3, 0.4) is 0 Å². The molecule has 106 valence electrons. The largest absolute Gasteiger partial charge is 0.481 e. The summed E-state index contributed by atoms with van der Waals surface area (Å²) in [5.74, 6) is 0.0630. The molecule has 6 nitrogen and oxygen atoms in total. The quantitative estimate of drug-likeness (QED) is 0.800. The van der Waals surface area contributed by atoms with Crippen molar-refractivity contribution in [2.75, 3.05) is 12.4 Å². The summed E-state index contributed by atoms with van der Waals surface area (Å²) in [4.78, 5) is 10.6. The van der Waals surface area contributed by atoms with E-state index in [0.29, 0.717) is 5.16 Å². The van der Waals surface area contributed by atoms with Crippen molar-refractivity contribution >= 4 is 17.7 Å². The maximum Gasteiger partial charge on any atom is 0.313 e. The zero-order valence-electron chi connectivity index (χ0n) is 11.0. The van der Waals surface area contributed by atoms with E-state index in [1.165, 1.54) is 18.2 Å². The van der Waals surface area contributed by atoms with E-state index in [1.54, 1.807) is 0 Å². The SMILES string of the molecule is CCn1c(CC2CCCCO2)nnc1SCC(=O)O. The molecular weight excluding hydrogens is 266 g/mol. The van der Waals surface area contributed by atoms with Gasteiger partial charge in [0.2, 0.25) is 0 Å². The third-order valence-electron chi connectivity index (χ3n) is 3.12. The molecule has 1 aliphatic rings. The second-order valence-corrected chi connectivity index (χ2v) is 5.46. The van der Waals surface area contributed by atoms with Gasteiger partial charge in [-0.2, -0.15) is 0 Å². The van der Waals surface area contributed by atoms with Gasteiger partial charge in [0.25, 0.3) is 0 Å². The van der Waals surface area contributed by atoms with E-state index < -0.39 is 5.97 Å². The first-order chi connectivity index (χ1) is 9.20. The fourth-order valence-corrected chi connectivity index (χ4v) is 2.93. The maximum atomic E-state index is 10.6. The molecule has 7 heteroatoms. The van der Waals surface area contributed by atoms with E-state index >= 15 is 0 Å². The van der Waals surface area contributed by atoms with Gasteiger partial charge in [0.05, 0.1) is 11.9 Å². The number of ether oxygens (including phenoxy) is 1. The second-order valence-electron chi connectivity index (χ2n) is 4.52. The van der Waals surface area contributed by atoms with Crippen molar-refractivity contribution in [2.45, 2.75) is 50.4 Å². The fourth-order valence-electron chi connectivity index (χ4n) is 2.19. The number of carboxylic acid groups (broad SMARTS) is 1. The van der Waals surface area contributed by atoms with Crippen LogP contribution in [0.1, 0.15) is 32.0 Å². The highest BCUT2D eigenvalue weighted by molar-refractivity contribution is 7.99. The van der Waals surface area contributed by atoms with Gasteiger partial charge in [-0.3, -0.25) is 4.79 Å². The Bertz CT molecular complexity index is 430. The van der Waals surface area contributed by atoms with E-state index in [-0.39, 0.29) is 11.9 Å². The molecule has 0 amide bonds. The molecule has 0 saturated carbocycles. The third kappa shape index (κ3) is 3.94. The van der Waals surface area contributed by atoms with E-state index in [1.807, 2.05) is 11.5 Å². The Morgan fingerprint density at radius 1 is 1.53 bits per heavy atom. The third-order valence-corrected chi connectivity index (χ3v) is 4.07. The average molecular weight is 285 g/mol. The Morgan fingerprint density at radius 3 is 3.00 bits per heavy atom. The molecule has 0 aromatic carbocycles. The summed E-state index contributed by atoms with van der Waals surface area (Å²) in [6.45, 7) is 3.59. The number of hydrogen-bond acceptors (Lipinski definition) is 5. The number of aromatic nitrogens is 3. The molecule has 0 radical (unpaired) electrons. The topological polar surface area (TPSA) is 77.2 Å². The van der Waals surface area contributed by atoms with Crippen LogP contribution in [0.25, 0.3) is 0 Å². The minimum atomic E-state index is -0.840. The highest BCUT2D eigenvalue weighted by atomic mass is 32.2. The Morgan fingerprint density at radius 2 is 2.37 bits per heavy atom. The van der Waals surface area contributed by atoms with Crippen LogP contribution in [0.4, 0.5) is 0 Å². The van der Waals surface area contributed by atoms with Gasteiger partial charge in [-0.05, 0) is 26.2 Å². The summed E-state index contributed by atoms with van der Waals surface area (Å²) in [7, 11) is 0. The number of rotatable bonds is 6. The van der Waals surface area contributed by atoms with E-state index in [4.69, 9.17) is 9.84 Å². The molecule has 0 bridgehead atoms. The van der Waals surface area contributed by atoms with Crippen molar-refractivity contribution < 1.29 is 14.6 Å². The number of carbonyl (C=O) groups is 1. The lowest BCUT2D eigenvalue weighted by Crippen LogP contribution is -2.23. The van der Waals surface area contributed by atoms with Gasteiger partial charge in [0.1, 0.15) is 5.82 Å². The standard InChI is InChI=1S/C12H19N3O3S/c1-2-15-10(7-9-5-3-4-6-18-9)13-14-12(15)19-8-11(16)17/h9H,2-8H2,1H3,(H,16,17). The molecule has 0 spiro atoms. The van der Waals surface area contributed by atoms with Gasteiger partial charge in [-0.25, -0.2) is 0 Å². The monoisotopic (exact) mass is 285 g/mol. The molecule has 1 N–H and O–H groups in total. The van der Waals surface area contributed by atoms with Gasteiger partial charge < -0.3 is 14.4 Å². The lowest BCUT2D eigenvalue weighted by molar-refractivity contribution is -0.133. The van der Waals surface area contributed by atoms with E-state index in [2.05, 4.69) is 10.2 Å². The molecule has 1 aromatic rings. The highest BCUT2D eigenvalue weighted by Gasteiger charge is 2.19. The van der Waals surface area contributed by atoms with Gasteiger partial charge in [0.15, 0.2) is 5.16 Å². The Hall–Kier alpha value is -1.08. The minimum Gasteiger partial charge on any atom is -0.481 e. The van der Waals surface area contributed by atoms with Crippen LogP contribution in [0.15, 0.2) is 5.16 Å². The Balaban J connectivity index is 2.01. The van der Waals surface area contributed by atoms with Crippen molar-refractivity contribution in [1.82, 2.24) is 14.8 Å². The predicted octanol–water partition coefficient (Wildman–Crippen LogP) is 1.59. The molecule has 0 aliphatic carbocycles. The molecule has 1 saturated heterocycles. The Kier molecular flexibility index (Phi) is 5.21. The van der Waals surface area contributed by atoms with Crippen molar-refractivity contribution in [3.63, 3.8) is 0 Å². The smallest absolute Gasteiger partial charge is 0.313 e. The summed E-state index contributed by atoms with van der Waals surface area (Å²) in [6.07, 6.45) is 4.38.